The van der Waals surface area contributed by atoms with E-state index in [1.165, 1.54) is 0 Å². The largest absolute Gasteiger partial charge is 0.480 e. The van der Waals surface area contributed by atoms with Crippen molar-refractivity contribution in [1.82, 2.24) is 5.32 Å². The summed E-state index contributed by atoms with van der Waals surface area (Å²) in [5.41, 5.74) is -0.519. The summed E-state index contributed by atoms with van der Waals surface area (Å²) in [7, 11) is 0. The molecule has 0 saturated heterocycles. The molecule has 0 aromatic heterocycles. The van der Waals surface area contributed by atoms with E-state index in [4.69, 9.17) is 28.3 Å². The van der Waals surface area contributed by atoms with Crippen LogP contribution in [0.3, 0.4) is 0 Å². The molecule has 18 heavy (non-hydrogen) atoms. The molecular formula is C12H11Cl2NO3. The van der Waals surface area contributed by atoms with Crippen LogP contribution in [-0.2, 0) is 16.1 Å². The number of hydrogen-bond donors (Lipinski definition) is 2. The molecule has 2 N–H and O–H groups in total. The smallest absolute Gasteiger partial charge is 0.319 e. The quantitative estimate of drug-likeness (QED) is 0.836. The molecule has 1 aromatic rings. The highest BCUT2D eigenvalue weighted by molar-refractivity contribution is 6.35. The first-order valence-electron chi connectivity index (χ1n) is 5.41. The summed E-state index contributed by atoms with van der Waals surface area (Å²) in [6.45, 7) is 0.198. The van der Waals surface area contributed by atoms with Crippen molar-refractivity contribution >= 4 is 35.1 Å². The minimum atomic E-state index is -1.22. The van der Waals surface area contributed by atoms with Gasteiger partial charge in [-0.3, -0.25) is 9.59 Å². The van der Waals surface area contributed by atoms with Crippen LogP contribution in [-0.4, -0.2) is 17.0 Å². The first-order valence-corrected chi connectivity index (χ1v) is 6.17. The van der Waals surface area contributed by atoms with Crippen molar-refractivity contribution < 1.29 is 14.7 Å². The van der Waals surface area contributed by atoms with Crippen molar-refractivity contribution in [1.29, 1.82) is 0 Å². The number of rotatable bonds is 4. The van der Waals surface area contributed by atoms with Crippen LogP contribution in [0.15, 0.2) is 18.2 Å². The molecule has 1 aliphatic rings. The molecule has 4 nitrogen and oxygen atoms in total. The normalized spacial score (nSPS) is 16.1. The molecule has 0 spiro atoms. The molecule has 0 atom stereocenters. The fourth-order valence-electron chi connectivity index (χ4n) is 1.67. The van der Waals surface area contributed by atoms with Gasteiger partial charge in [-0.15, -0.1) is 0 Å². The zero-order valence-electron chi connectivity index (χ0n) is 9.37. The van der Waals surface area contributed by atoms with Gasteiger partial charge in [-0.05, 0) is 30.5 Å². The summed E-state index contributed by atoms with van der Waals surface area (Å²) >= 11 is 11.7. The predicted octanol–water partition coefficient (Wildman–Crippen LogP) is 2.47. The lowest BCUT2D eigenvalue weighted by atomic mass is 10.1. The molecule has 6 heteroatoms. The molecular weight excluding hydrogens is 277 g/mol. The fraction of sp³-hybridized carbons (Fsp3) is 0.333. The van der Waals surface area contributed by atoms with Gasteiger partial charge in [0.1, 0.15) is 5.41 Å². The highest BCUT2D eigenvalue weighted by atomic mass is 35.5. The van der Waals surface area contributed by atoms with Gasteiger partial charge >= 0.3 is 5.97 Å². The third-order valence-corrected chi connectivity index (χ3v) is 3.64. The van der Waals surface area contributed by atoms with Gasteiger partial charge in [0.2, 0.25) is 5.91 Å². The molecule has 0 heterocycles. The molecule has 0 aliphatic heterocycles. The Hall–Kier alpha value is -1.26. The minimum Gasteiger partial charge on any atom is -0.480 e. The second kappa shape index (κ2) is 4.78. The average Bonchev–Trinajstić information content (AvgIpc) is 3.08. The van der Waals surface area contributed by atoms with Crippen LogP contribution >= 0.6 is 23.2 Å². The van der Waals surface area contributed by atoms with E-state index in [2.05, 4.69) is 5.32 Å². The number of hydrogen-bond acceptors (Lipinski definition) is 2. The van der Waals surface area contributed by atoms with Crippen LogP contribution in [0.4, 0.5) is 0 Å². The topological polar surface area (TPSA) is 66.4 Å². The molecule has 1 aromatic carbocycles. The van der Waals surface area contributed by atoms with E-state index in [0.29, 0.717) is 28.5 Å². The van der Waals surface area contributed by atoms with Gasteiger partial charge in [0, 0.05) is 16.6 Å². The molecule has 2 rings (SSSR count). The molecule has 1 fully saturated rings. The maximum Gasteiger partial charge on any atom is 0.319 e. The number of carboxylic acids is 1. The number of benzene rings is 1. The minimum absolute atomic E-state index is 0.198. The van der Waals surface area contributed by atoms with Gasteiger partial charge in [-0.2, -0.15) is 0 Å². The number of carbonyl (C=O) groups is 2. The van der Waals surface area contributed by atoms with Gasteiger partial charge in [-0.1, -0.05) is 29.3 Å². The van der Waals surface area contributed by atoms with Crippen LogP contribution in [0.25, 0.3) is 0 Å². The van der Waals surface area contributed by atoms with Gasteiger partial charge in [0.25, 0.3) is 0 Å². The monoisotopic (exact) mass is 287 g/mol. The van der Waals surface area contributed by atoms with Crippen molar-refractivity contribution in [2.45, 2.75) is 19.4 Å². The van der Waals surface area contributed by atoms with Crippen LogP contribution in [0.1, 0.15) is 18.4 Å². The second-order valence-corrected chi connectivity index (χ2v) is 5.15. The van der Waals surface area contributed by atoms with E-state index < -0.39 is 17.3 Å². The van der Waals surface area contributed by atoms with E-state index >= 15 is 0 Å². The van der Waals surface area contributed by atoms with Gasteiger partial charge in [0.15, 0.2) is 0 Å². The Morgan fingerprint density at radius 3 is 2.50 bits per heavy atom. The maximum atomic E-state index is 11.8. The van der Waals surface area contributed by atoms with E-state index in [1.807, 2.05) is 0 Å². The summed E-state index contributed by atoms with van der Waals surface area (Å²) in [6.07, 6.45) is 0.783. The lowest BCUT2D eigenvalue weighted by Crippen LogP contribution is -2.36. The number of carboxylic acid groups (broad SMARTS) is 1. The number of amides is 1. The van der Waals surface area contributed by atoms with Gasteiger partial charge in [-0.25, -0.2) is 0 Å². The van der Waals surface area contributed by atoms with Gasteiger partial charge in [0.05, 0.1) is 0 Å². The number of carbonyl (C=O) groups excluding carboxylic acids is 1. The Morgan fingerprint density at radius 1 is 1.33 bits per heavy atom. The number of nitrogens with one attached hydrogen (secondary N) is 1. The fourth-order valence-corrected chi connectivity index (χ4v) is 2.15. The first kappa shape index (κ1) is 13.2. The molecule has 1 amide bonds. The number of aliphatic carboxylic acids is 1. The van der Waals surface area contributed by atoms with E-state index in [1.54, 1.807) is 18.2 Å². The van der Waals surface area contributed by atoms with Crippen LogP contribution in [0, 0.1) is 5.41 Å². The standard InChI is InChI=1S/C12H11Cl2NO3/c13-8-2-1-7(9(14)5-8)6-15-10(16)12(3-4-12)11(17)18/h1-2,5H,3-4,6H2,(H,15,16)(H,17,18). The van der Waals surface area contributed by atoms with Crippen molar-refractivity contribution in [3.05, 3.63) is 33.8 Å². The molecule has 0 bridgehead atoms. The molecule has 1 aliphatic carbocycles. The van der Waals surface area contributed by atoms with Crippen LogP contribution in [0.2, 0.25) is 10.0 Å². The third-order valence-electron chi connectivity index (χ3n) is 3.05. The summed E-state index contributed by atoms with van der Waals surface area (Å²) in [6, 6.07) is 4.94. The summed E-state index contributed by atoms with van der Waals surface area (Å²) in [5, 5.41) is 12.5. The van der Waals surface area contributed by atoms with E-state index in [9.17, 15) is 9.59 Å². The van der Waals surface area contributed by atoms with Crippen LogP contribution < -0.4 is 5.32 Å². The molecule has 0 unspecified atom stereocenters. The highest BCUT2D eigenvalue weighted by Crippen LogP contribution is 2.46. The molecule has 0 radical (unpaired) electrons. The maximum absolute atomic E-state index is 11.8. The first-order chi connectivity index (χ1) is 8.45. The summed E-state index contributed by atoms with van der Waals surface area (Å²) in [4.78, 5) is 22.7. The SMILES string of the molecule is O=C(O)C1(C(=O)NCc2ccc(Cl)cc2Cl)CC1. The van der Waals surface area contributed by atoms with Crippen molar-refractivity contribution in [2.75, 3.05) is 0 Å². The zero-order valence-corrected chi connectivity index (χ0v) is 10.9. The number of halogens is 2. The van der Waals surface area contributed by atoms with Crippen molar-refractivity contribution in [3.63, 3.8) is 0 Å². The Morgan fingerprint density at radius 2 is 2.00 bits per heavy atom. The predicted molar refractivity (Wildman–Crippen MR) is 67.6 cm³/mol. The zero-order chi connectivity index (χ0) is 13.3. The second-order valence-electron chi connectivity index (χ2n) is 4.31. The Bertz CT molecular complexity index is 512. The molecule has 96 valence electrons. The Balaban J connectivity index is 2.00. The van der Waals surface area contributed by atoms with E-state index in [0.717, 1.165) is 0 Å². The van der Waals surface area contributed by atoms with Crippen molar-refractivity contribution in [3.8, 4) is 0 Å². The summed E-state index contributed by atoms with van der Waals surface area (Å²) in [5.74, 6) is -1.52. The third kappa shape index (κ3) is 2.44. The lowest BCUT2D eigenvalue weighted by molar-refractivity contribution is -0.149. The van der Waals surface area contributed by atoms with Gasteiger partial charge < -0.3 is 10.4 Å². The summed E-state index contributed by atoms with van der Waals surface area (Å²) < 4.78 is 0. The lowest BCUT2D eigenvalue weighted by Gasteiger charge is -2.11. The Labute approximate surface area is 114 Å². The Kier molecular flexibility index (Phi) is 3.50. The van der Waals surface area contributed by atoms with Crippen molar-refractivity contribution in [2.24, 2.45) is 5.41 Å². The van der Waals surface area contributed by atoms with E-state index in [-0.39, 0.29) is 6.54 Å². The highest BCUT2D eigenvalue weighted by Gasteiger charge is 2.56. The molecule has 1 saturated carbocycles. The van der Waals surface area contributed by atoms with Crippen LogP contribution in [0.5, 0.6) is 0 Å². The average molecular weight is 288 g/mol.